The normalized spacial score (nSPS) is 15.2. The van der Waals surface area contributed by atoms with Crippen molar-refractivity contribution in [1.82, 2.24) is 4.57 Å². The molecule has 0 aliphatic carbocycles. The number of carbonyl (C=O) groups is 2. The van der Waals surface area contributed by atoms with E-state index >= 15 is 0 Å². The maximum absolute atomic E-state index is 13.7. The van der Waals surface area contributed by atoms with Crippen molar-refractivity contribution in [3.05, 3.63) is 89.6 Å². The molecule has 3 aromatic rings. The van der Waals surface area contributed by atoms with E-state index in [1.54, 1.807) is 62.4 Å². The molecule has 0 bridgehead atoms. The molecular weight excluding hydrogens is 504 g/mol. The lowest BCUT2D eigenvalue weighted by molar-refractivity contribution is -0.139. The number of ether oxygens (including phenoxy) is 3. The van der Waals surface area contributed by atoms with Gasteiger partial charge in [0.05, 0.1) is 29.5 Å². The van der Waals surface area contributed by atoms with Crippen LogP contribution in [0.15, 0.2) is 63.5 Å². The van der Waals surface area contributed by atoms with Crippen molar-refractivity contribution in [3.8, 4) is 11.5 Å². The van der Waals surface area contributed by atoms with E-state index < -0.39 is 18.0 Å². The van der Waals surface area contributed by atoms with Gasteiger partial charge in [0, 0.05) is 11.9 Å². The molecule has 1 atom stereocenters. The Labute approximate surface area is 215 Å². The minimum absolute atomic E-state index is 0.178. The third-order valence-corrected chi connectivity index (χ3v) is 6.78. The van der Waals surface area contributed by atoms with Gasteiger partial charge in [-0.3, -0.25) is 14.2 Å². The number of aromatic nitrogens is 1. The van der Waals surface area contributed by atoms with Gasteiger partial charge in [-0.1, -0.05) is 47.2 Å². The highest BCUT2D eigenvalue weighted by Gasteiger charge is 2.34. The van der Waals surface area contributed by atoms with E-state index in [-0.39, 0.29) is 23.5 Å². The second-order valence-corrected chi connectivity index (χ2v) is 9.24. The Morgan fingerprint density at radius 3 is 2.61 bits per heavy atom. The Morgan fingerprint density at radius 2 is 1.94 bits per heavy atom. The van der Waals surface area contributed by atoms with Gasteiger partial charge < -0.3 is 14.2 Å². The lowest BCUT2D eigenvalue weighted by Gasteiger charge is -2.25. The van der Waals surface area contributed by atoms with E-state index in [4.69, 9.17) is 25.8 Å². The fourth-order valence-electron chi connectivity index (χ4n) is 3.95. The fraction of sp³-hybridized carbons (Fsp3) is 0.231. The van der Waals surface area contributed by atoms with Crippen LogP contribution < -0.4 is 24.4 Å². The van der Waals surface area contributed by atoms with E-state index in [9.17, 15) is 14.4 Å². The van der Waals surface area contributed by atoms with Gasteiger partial charge in [0.1, 0.15) is 6.04 Å². The number of thiazole rings is 1. The molecule has 0 radical (unpaired) electrons. The highest BCUT2D eigenvalue weighted by molar-refractivity contribution is 7.07. The van der Waals surface area contributed by atoms with Gasteiger partial charge in [0.25, 0.3) is 5.56 Å². The van der Waals surface area contributed by atoms with Crippen LogP contribution in [0, 0.1) is 0 Å². The van der Waals surface area contributed by atoms with Gasteiger partial charge in [-0.25, -0.2) is 9.79 Å². The van der Waals surface area contributed by atoms with Crippen LogP contribution in [0.2, 0.25) is 5.02 Å². The van der Waals surface area contributed by atoms with Crippen LogP contribution in [-0.4, -0.2) is 30.2 Å². The van der Waals surface area contributed by atoms with E-state index in [1.165, 1.54) is 29.9 Å². The number of hydrogen-bond acceptors (Lipinski definition) is 8. The molecule has 0 unspecified atom stereocenters. The Morgan fingerprint density at radius 1 is 1.19 bits per heavy atom. The van der Waals surface area contributed by atoms with Crippen molar-refractivity contribution in [2.45, 2.75) is 26.8 Å². The zero-order valence-corrected chi connectivity index (χ0v) is 21.6. The summed E-state index contributed by atoms with van der Waals surface area (Å²) in [5.74, 6) is -0.427. The van der Waals surface area contributed by atoms with Gasteiger partial charge in [0.2, 0.25) is 0 Å². The second kappa shape index (κ2) is 10.5. The highest BCUT2D eigenvalue weighted by Crippen LogP contribution is 2.34. The van der Waals surface area contributed by atoms with Crippen LogP contribution in [0.3, 0.4) is 0 Å². The number of esters is 2. The lowest BCUT2D eigenvalue weighted by atomic mass is 9.96. The third-order valence-electron chi connectivity index (χ3n) is 5.46. The summed E-state index contributed by atoms with van der Waals surface area (Å²) in [6, 6.07) is 11.3. The Bertz CT molecular complexity index is 1570. The molecule has 8 nitrogen and oxygen atoms in total. The molecule has 1 aliphatic heterocycles. The summed E-state index contributed by atoms with van der Waals surface area (Å²) >= 11 is 7.70. The summed E-state index contributed by atoms with van der Waals surface area (Å²) in [7, 11) is 1.47. The maximum Gasteiger partial charge on any atom is 0.338 e. The summed E-state index contributed by atoms with van der Waals surface area (Å²) in [6.45, 7) is 4.90. The highest BCUT2D eigenvalue weighted by atomic mass is 35.5. The largest absolute Gasteiger partial charge is 0.493 e. The molecule has 0 amide bonds. The number of allylic oxidation sites excluding steroid dienone is 1. The van der Waals surface area contributed by atoms with Crippen molar-refractivity contribution in [3.63, 3.8) is 0 Å². The van der Waals surface area contributed by atoms with Gasteiger partial charge in [-0.15, -0.1) is 0 Å². The maximum atomic E-state index is 13.7. The lowest BCUT2D eigenvalue weighted by Crippen LogP contribution is -2.40. The minimum atomic E-state index is -0.802. The monoisotopic (exact) mass is 526 g/mol. The molecule has 2 aromatic carbocycles. The van der Waals surface area contributed by atoms with Crippen molar-refractivity contribution < 1.29 is 23.8 Å². The Kier molecular flexibility index (Phi) is 7.42. The molecule has 36 heavy (non-hydrogen) atoms. The van der Waals surface area contributed by atoms with E-state index in [0.717, 1.165) is 0 Å². The number of rotatable bonds is 6. The fourth-order valence-corrected chi connectivity index (χ4v) is 5.24. The minimum Gasteiger partial charge on any atom is -0.493 e. The predicted octanol–water partition coefficient (Wildman–Crippen LogP) is 3.39. The van der Waals surface area contributed by atoms with E-state index in [0.29, 0.717) is 36.9 Å². The van der Waals surface area contributed by atoms with Gasteiger partial charge >= 0.3 is 11.9 Å². The molecule has 0 spiro atoms. The van der Waals surface area contributed by atoms with Gasteiger partial charge in [-0.2, -0.15) is 0 Å². The smallest absolute Gasteiger partial charge is 0.338 e. The van der Waals surface area contributed by atoms with Crippen LogP contribution >= 0.6 is 22.9 Å². The topological polar surface area (TPSA) is 96.2 Å². The van der Waals surface area contributed by atoms with Gasteiger partial charge in [-0.05, 0) is 49.2 Å². The summed E-state index contributed by atoms with van der Waals surface area (Å²) < 4.78 is 17.6. The first-order chi connectivity index (χ1) is 17.2. The zero-order valence-electron chi connectivity index (χ0n) is 20.0. The Hall–Kier alpha value is -3.69. The molecule has 0 fully saturated rings. The van der Waals surface area contributed by atoms with Crippen LogP contribution in [0.5, 0.6) is 11.5 Å². The number of benzene rings is 2. The molecule has 4 rings (SSSR count). The van der Waals surface area contributed by atoms with Gasteiger partial charge in [0.15, 0.2) is 16.3 Å². The molecule has 0 saturated carbocycles. The van der Waals surface area contributed by atoms with Crippen molar-refractivity contribution in [2.24, 2.45) is 4.99 Å². The first kappa shape index (κ1) is 25.4. The number of nitrogens with zero attached hydrogens (tertiary/aromatic N) is 2. The first-order valence-electron chi connectivity index (χ1n) is 11.1. The summed E-state index contributed by atoms with van der Waals surface area (Å²) in [5, 5.41) is 0.412. The van der Waals surface area contributed by atoms with Crippen molar-refractivity contribution in [1.29, 1.82) is 0 Å². The molecule has 2 heterocycles. The average molecular weight is 527 g/mol. The summed E-state index contributed by atoms with van der Waals surface area (Å²) in [4.78, 5) is 43.1. The molecule has 186 valence electrons. The van der Waals surface area contributed by atoms with Crippen molar-refractivity contribution in [2.75, 3.05) is 13.7 Å². The van der Waals surface area contributed by atoms with Crippen LogP contribution in [0.1, 0.15) is 37.9 Å². The quantitative estimate of drug-likeness (QED) is 0.361. The molecule has 0 saturated heterocycles. The Balaban J connectivity index is 1.93. The molecule has 10 heteroatoms. The molecule has 1 aliphatic rings. The number of hydrogen-bond donors (Lipinski definition) is 0. The standard InChI is InChI=1S/C26H23ClN2O6S/c1-5-34-25(32)22-14(2)28-26-29(23(22)17-8-6-7-9-18(17)27)24(31)21(36-26)13-16-10-11-19(33-4)20(12-16)35-15(3)30/h6-13,23H,5H2,1-4H3/b21-13+/t23-/m0/s1. The van der Waals surface area contributed by atoms with Crippen molar-refractivity contribution >= 4 is 41.0 Å². The molecule has 0 N–H and O–H groups in total. The molecule has 1 aromatic heterocycles. The summed E-state index contributed by atoms with van der Waals surface area (Å²) in [5.41, 5.74) is 1.57. The number of halogens is 1. The van der Waals surface area contributed by atoms with Crippen LogP contribution in [0.4, 0.5) is 0 Å². The van der Waals surface area contributed by atoms with E-state index in [2.05, 4.69) is 4.99 Å². The summed E-state index contributed by atoms with van der Waals surface area (Å²) in [6.07, 6.45) is 1.67. The van der Waals surface area contributed by atoms with Crippen LogP contribution in [-0.2, 0) is 14.3 Å². The zero-order chi connectivity index (χ0) is 26.0. The van der Waals surface area contributed by atoms with Crippen LogP contribution in [0.25, 0.3) is 6.08 Å². The number of carbonyl (C=O) groups excluding carboxylic acids is 2. The molecular formula is C26H23ClN2O6S. The third kappa shape index (κ3) is 4.84. The predicted molar refractivity (Wildman–Crippen MR) is 136 cm³/mol. The average Bonchev–Trinajstić information content (AvgIpc) is 3.13. The number of fused-ring (bicyclic) bond motifs is 1. The second-order valence-electron chi connectivity index (χ2n) is 7.83. The SMILES string of the molecule is CCOC(=O)C1=C(C)N=c2s/c(=C/c3ccc(OC)c(OC(C)=O)c3)c(=O)n2[C@H]1c1ccccc1Cl. The van der Waals surface area contributed by atoms with E-state index in [1.807, 2.05) is 0 Å². The number of methoxy groups -OCH3 is 1. The first-order valence-corrected chi connectivity index (χ1v) is 12.2.